The van der Waals surface area contributed by atoms with Crippen molar-refractivity contribution in [2.45, 2.75) is 38.1 Å². The van der Waals surface area contributed by atoms with Gasteiger partial charge in [0.05, 0.1) is 25.3 Å². The van der Waals surface area contributed by atoms with Crippen molar-refractivity contribution in [3.8, 4) is 23.1 Å². The van der Waals surface area contributed by atoms with Gasteiger partial charge in [0.15, 0.2) is 0 Å². The van der Waals surface area contributed by atoms with Gasteiger partial charge in [0.25, 0.3) is 5.56 Å². The third-order valence-corrected chi connectivity index (χ3v) is 4.52. The minimum atomic E-state index is -0.0289. The largest absolute Gasteiger partial charge is 0.497 e. The second-order valence-electron chi connectivity index (χ2n) is 5.92. The van der Waals surface area contributed by atoms with E-state index in [1.54, 1.807) is 13.2 Å². The van der Waals surface area contributed by atoms with Gasteiger partial charge in [-0.1, -0.05) is 31.0 Å². The summed E-state index contributed by atoms with van der Waals surface area (Å²) < 4.78 is 7.20. The molecule has 0 N–H and O–H groups in total. The van der Waals surface area contributed by atoms with Gasteiger partial charge in [-0.25, -0.2) is 0 Å². The van der Waals surface area contributed by atoms with E-state index in [-0.39, 0.29) is 18.0 Å². The Hall–Kier alpha value is -2.54. The number of hydrogen-bond donors (Lipinski definition) is 0. The van der Waals surface area contributed by atoms with Crippen molar-refractivity contribution >= 4 is 0 Å². The lowest BCUT2D eigenvalue weighted by molar-refractivity contribution is 0.415. The standard InChI is InChI=1S/C19H20N2O2/c1-23-17-8-4-5-15(13-17)18-10-9-14(11-12-20)19(22)21(18)16-6-2-3-7-16/h4-5,8-10,13,16H,2-3,6-7,11H2,1H3. The molecule has 0 aliphatic heterocycles. The molecule has 0 radical (unpaired) electrons. The Morgan fingerprint density at radius 3 is 2.74 bits per heavy atom. The summed E-state index contributed by atoms with van der Waals surface area (Å²) in [5.74, 6) is 0.772. The fraction of sp³-hybridized carbons (Fsp3) is 0.368. The highest BCUT2D eigenvalue weighted by atomic mass is 16.5. The van der Waals surface area contributed by atoms with Gasteiger partial charge >= 0.3 is 0 Å². The van der Waals surface area contributed by atoms with Crippen molar-refractivity contribution in [2.24, 2.45) is 0 Å². The minimum absolute atomic E-state index is 0.0289. The van der Waals surface area contributed by atoms with Crippen molar-refractivity contribution < 1.29 is 4.74 Å². The molecule has 0 saturated heterocycles. The maximum atomic E-state index is 12.9. The van der Waals surface area contributed by atoms with Gasteiger partial charge in [-0.2, -0.15) is 5.26 Å². The normalized spacial score (nSPS) is 14.6. The highest BCUT2D eigenvalue weighted by Gasteiger charge is 2.22. The Morgan fingerprint density at radius 1 is 1.26 bits per heavy atom. The molecule has 2 aromatic rings. The Labute approximate surface area is 135 Å². The molecule has 1 saturated carbocycles. The van der Waals surface area contributed by atoms with E-state index in [1.807, 2.05) is 34.9 Å². The van der Waals surface area contributed by atoms with E-state index in [4.69, 9.17) is 10.00 Å². The maximum absolute atomic E-state index is 12.9. The zero-order valence-corrected chi connectivity index (χ0v) is 13.3. The summed E-state index contributed by atoms with van der Waals surface area (Å²) in [4.78, 5) is 12.9. The molecule has 23 heavy (non-hydrogen) atoms. The molecule has 3 rings (SSSR count). The Morgan fingerprint density at radius 2 is 2.04 bits per heavy atom. The van der Waals surface area contributed by atoms with Crippen LogP contribution < -0.4 is 10.3 Å². The van der Waals surface area contributed by atoms with Crippen LogP contribution in [0.2, 0.25) is 0 Å². The van der Waals surface area contributed by atoms with E-state index in [1.165, 1.54) is 0 Å². The molecule has 0 amide bonds. The van der Waals surface area contributed by atoms with E-state index in [2.05, 4.69) is 6.07 Å². The number of nitrogens with zero attached hydrogens (tertiary/aromatic N) is 2. The molecule has 0 bridgehead atoms. The lowest BCUT2D eigenvalue weighted by Gasteiger charge is -2.20. The second kappa shape index (κ2) is 6.70. The van der Waals surface area contributed by atoms with Crippen LogP contribution in [-0.2, 0) is 6.42 Å². The van der Waals surface area contributed by atoms with Crippen LogP contribution >= 0.6 is 0 Å². The molecule has 1 heterocycles. The monoisotopic (exact) mass is 308 g/mol. The SMILES string of the molecule is COc1cccc(-c2ccc(CC#N)c(=O)n2C2CCCC2)c1. The summed E-state index contributed by atoms with van der Waals surface area (Å²) in [6.45, 7) is 0. The highest BCUT2D eigenvalue weighted by Crippen LogP contribution is 2.33. The van der Waals surface area contributed by atoms with Crippen LogP contribution in [0.15, 0.2) is 41.2 Å². The molecule has 4 heteroatoms. The number of aromatic nitrogens is 1. The molecular weight excluding hydrogens is 288 g/mol. The first-order valence-corrected chi connectivity index (χ1v) is 8.00. The average molecular weight is 308 g/mol. The molecular formula is C19H20N2O2. The molecule has 1 aliphatic carbocycles. The fourth-order valence-electron chi connectivity index (χ4n) is 3.36. The van der Waals surface area contributed by atoms with E-state index >= 15 is 0 Å². The van der Waals surface area contributed by atoms with Gasteiger partial charge in [0, 0.05) is 17.2 Å². The first kappa shape index (κ1) is 15.4. The smallest absolute Gasteiger partial charge is 0.255 e. The first-order valence-electron chi connectivity index (χ1n) is 8.00. The summed E-state index contributed by atoms with van der Waals surface area (Å²) in [6.07, 6.45) is 4.50. The van der Waals surface area contributed by atoms with Crippen LogP contribution in [0.4, 0.5) is 0 Å². The fourth-order valence-corrected chi connectivity index (χ4v) is 3.36. The summed E-state index contributed by atoms with van der Waals surface area (Å²) in [7, 11) is 1.64. The molecule has 1 fully saturated rings. The number of rotatable bonds is 4. The van der Waals surface area contributed by atoms with Crippen LogP contribution in [0.1, 0.15) is 37.3 Å². The quantitative estimate of drug-likeness (QED) is 0.865. The number of benzene rings is 1. The number of pyridine rings is 1. The van der Waals surface area contributed by atoms with Crippen LogP contribution in [-0.4, -0.2) is 11.7 Å². The predicted molar refractivity (Wildman–Crippen MR) is 89.5 cm³/mol. The Kier molecular flexibility index (Phi) is 4.47. The van der Waals surface area contributed by atoms with Gasteiger partial charge < -0.3 is 9.30 Å². The van der Waals surface area contributed by atoms with Crippen molar-refractivity contribution in [3.63, 3.8) is 0 Å². The Balaban J connectivity index is 2.17. The van der Waals surface area contributed by atoms with Gasteiger partial charge in [-0.3, -0.25) is 4.79 Å². The molecule has 0 unspecified atom stereocenters. The van der Waals surface area contributed by atoms with Crippen molar-refractivity contribution in [1.29, 1.82) is 5.26 Å². The van der Waals surface area contributed by atoms with Crippen LogP contribution in [0, 0.1) is 11.3 Å². The molecule has 1 aromatic carbocycles. The first-order chi connectivity index (χ1) is 11.2. The van der Waals surface area contributed by atoms with Crippen LogP contribution in [0.5, 0.6) is 5.75 Å². The molecule has 0 spiro atoms. The second-order valence-corrected chi connectivity index (χ2v) is 5.92. The van der Waals surface area contributed by atoms with Gasteiger partial charge in [0.2, 0.25) is 0 Å². The van der Waals surface area contributed by atoms with Crippen molar-refractivity contribution in [1.82, 2.24) is 4.57 Å². The zero-order valence-electron chi connectivity index (χ0n) is 13.3. The summed E-state index contributed by atoms with van der Waals surface area (Å²) >= 11 is 0. The lowest BCUT2D eigenvalue weighted by atomic mass is 10.1. The lowest BCUT2D eigenvalue weighted by Crippen LogP contribution is -2.27. The summed E-state index contributed by atoms with van der Waals surface area (Å²) in [6, 6.07) is 13.8. The van der Waals surface area contributed by atoms with E-state index in [0.717, 1.165) is 42.7 Å². The van der Waals surface area contributed by atoms with Gasteiger partial charge in [0.1, 0.15) is 5.75 Å². The molecule has 118 valence electrons. The summed E-state index contributed by atoms with van der Waals surface area (Å²) in [5.41, 5.74) is 2.42. The van der Waals surface area contributed by atoms with Crippen LogP contribution in [0.25, 0.3) is 11.3 Å². The van der Waals surface area contributed by atoms with E-state index < -0.39 is 0 Å². The van der Waals surface area contributed by atoms with Crippen molar-refractivity contribution in [3.05, 3.63) is 52.3 Å². The number of nitriles is 1. The third kappa shape index (κ3) is 3.00. The number of hydrogen-bond acceptors (Lipinski definition) is 3. The maximum Gasteiger partial charge on any atom is 0.255 e. The minimum Gasteiger partial charge on any atom is -0.497 e. The van der Waals surface area contributed by atoms with Crippen molar-refractivity contribution in [2.75, 3.05) is 7.11 Å². The van der Waals surface area contributed by atoms with Crippen LogP contribution in [0.3, 0.4) is 0 Å². The topological polar surface area (TPSA) is 55.0 Å². The molecule has 4 nitrogen and oxygen atoms in total. The summed E-state index contributed by atoms with van der Waals surface area (Å²) in [5, 5.41) is 8.94. The molecule has 1 aliphatic rings. The highest BCUT2D eigenvalue weighted by molar-refractivity contribution is 5.62. The number of ether oxygens (including phenoxy) is 1. The predicted octanol–water partition coefficient (Wildman–Crippen LogP) is 3.71. The van der Waals surface area contributed by atoms with E-state index in [0.29, 0.717) is 5.56 Å². The average Bonchev–Trinajstić information content (AvgIpc) is 3.11. The Bertz CT molecular complexity index is 796. The van der Waals surface area contributed by atoms with Gasteiger partial charge in [-0.05, 0) is 31.0 Å². The van der Waals surface area contributed by atoms with E-state index in [9.17, 15) is 4.79 Å². The molecule has 0 atom stereocenters. The van der Waals surface area contributed by atoms with Gasteiger partial charge in [-0.15, -0.1) is 0 Å². The third-order valence-electron chi connectivity index (χ3n) is 4.52. The number of methoxy groups -OCH3 is 1. The molecule has 1 aromatic heterocycles. The zero-order chi connectivity index (χ0) is 16.2.